The van der Waals surface area contributed by atoms with Crippen molar-refractivity contribution >= 4 is 58.2 Å². The van der Waals surface area contributed by atoms with Gasteiger partial charge in [-0.05, 0) is 67.1 Å². The zero-order valence-corrected chi connectivity index (χ0v) is 22.9. The highest BCUT2D eigenvalue weighted by molar-refractivity contribution is 7.87. The van der Waals surface area contributed by atoms with Gasteiger partial charge in [0.25, 0.3) is 0 Å². The number of anilines is 1. The quantitative estimate of drug-likeness (QED) is 0.187. The monoisotopic (exact) mass is 563 g/mol. The minimum Gasteiger partial charge on any atom is -0.308 e. The molecule has 0 spiro atoms. The summed E-state index contributed by atoms with van der Waals surface area (Å²) in [4.78, 5) is 8.98. The van der Waals surface area contributed by atoms with Gasteiger partial charge in [0.2, 0.25) is 0 Å². The fourth-order valence-corrected chi connectivity index (χ4v) is 7.65. The van der Waals surface area contributed by atoms with E-state index in [4.69, 9.17) is 32.2 Å². The summed E-state index contributed by atoms with van der Waals surface area (Å²) in [6.45, 7) is 3.83. The molecule has 0 N–H and O–H groups in total. The molecule has 0 radical (unpaired) electrons. The Morgan fingerprint density at radius 1 is 0.889 bits per heavy atom. The molecule has 1 unspecified atom stereocenters. The molecule has 0 saturated heterocycles. The average Bonchev–Trinajstić information content (AvgIpc) is 2.86. The van der Waals surface area contributed by atoms with Gasteiger partial charge in [-0.1, -0.05) is 41.4 Å². The summed E-state index contributed by atoms with van der Waals surface area (Å²) in [5.41, 5.74) is 1.45. The van der Waals surface area contributed by atoms with Crippen LogP contribution in [0, 0.1) is 0 Å². The largest absolute Gasteiger partial charge is 0.350 e. The molecule has 4 aromatic rings. The summed E-state index contributed by atoms with van der Waals surface area (Å²) < 4.78 is 39.7. The first kappa shape index (κ1) is 26.7. The van der Waals surface area contributed by atoms with Crippen molar-refractivity contribution in [2.75, 3.05) is 23.8 Å². The van der Waals surface area contributed by atoms with E-state index in [1.165, 1.54) is 4.31 Å². The highest BCUT2D eigenvalue weighted by Gasteiger charge is 2.31. The van der Waals surface area contributed by atoms with Crippen LogP contribution in [0.3, 0.4) is 0 Å². The van der Waals surface area contributed by atoms with Crippen molar-refractivity contribution in [2.45, 2.75) is 18.7 Å². The fraction of sp³-hybridized carbons (Fsp3) is 0.200. The number of nitrogens with zero attached hydrogens (tertiary/aromatic N) is 3. The maximum atomic E-state index is 13.8. The number of rotatable bonds is 10. The van der Waals surface area contributed by atoms with E-state index in [2.05, 4.69) is 9.97 Å². The normalized spacial score (nSPS) is 12.6. The molecule has 0 aliphatic rings. The molecule has 1 heterocycles. The van der Waals surface area contributed by atoms with E-state index in [-0.39, 0.29) is 19.5 Å². The van der Waals surface area contributed by atoms with E-state index >= 15 is 0 Å². The summed E-state index contributed by atoms with van der Waals surface area (Å²) in [5.74, 6) is 0.624. The molecule has 188 valence electrons. The molecule has 0 aliphatic heterocycles. The molecule has 1 atom stereocenters. The van der Waals surface area contributed by atoms with Crippen LogP contribution in [0.15, 0.2) is 78.0 Å². The first-order valence-corrected chi connectivity index (χ1v) is 14.8. The minimum absolute atomic E-state index is 0.183. The lowest BCUT2D eigenvalue weighted by atomic mass is 10.1. The molecule has 4 rings (SSSR count). The van der Waals surface area contributed by atoms with Crippen LogP contribution in [-0.4, -0.2) is 33.7 Å². The van der Waals surface area contributed by atoms with Crippen LogP contribution in [0.5, 0.6) is 0 Å². The smallest absolute Gasteiger partial charge is 0.308 e. The molecular weight excluding hydrogens is 540 g/mol. The molecule has 0 aliphatic carbocycles. The van der Waals surface area contributed by atoms with Gasteiger partial charge in [-0.2, -0.15) is 0 Å². The number of aromatic nitrogens is 2. The number of halogens is 2. The van der Waals surface area contributed by atoms with Gasteiger partial charge in [0.15, 0.2) is 16.8 Å². The fourth-order valence-electron chi connectivity index (χ4n) is 3.63. The molecule has 0 bridgehead atoms. The zero-order chi connectivity index (χ0) is 25.7. The van der Waals surface area contributed by atoms with E-state index in [0.717, 1.165) is 16.3 Å². The lowest BCUT2D eigenvalue weighted by Crippen LogP contribution is -2.28. The molecule has 1 aromatic heterocycles. The highest BCUT2D eigenvalue weighted by atomic mass is 35.5. The van der Waals surface area contributed by atoms with E-state index in [1.807, 2.05) is 36.4 Å². The highest BCUT2D eigenvalue weighted by Crippen LogP contribution is 2.50. The van der Waals surface area contributed by atoms with Gasteiger partial charge in [0.05, 0.1) is 23.8 Å². The molecule has 0 fully saturated rings. The molecule has 36 heavy (non-hydrogen) atoms. The molecule has 11 heteroatoms. The second-order valence-electron chi connectivity index (χ2n) is 7.64. The van der Waals surface area contributed by atoms with Crippen LogP contribution >= 0.6 is 30.8 Å². The van der Waals surface area contributed by atoms with E-state index in [9.17, 15) is 8.77 Å². The number of fused-ring (bicyclic) bond motifs is 1. The number of hydrogen-bond donors (Lipinski definition) is 0. The van der Waals surface area contributed by atoms with E-state index < -0.39 is 18.6 Å². The van der Waals surface area contributed by atoms with Crippen LogP contribution in [0.25, 0.3) is 22.2 Å². The SMILES string of the molecule is CCOP(=O)(CN(c1ccc2cc(-c3ncccn3)ccc2c1)S(=O)c1cc(Cl)cc(Cl)c1)OCC. The predicted octanol–water partition coefficient (Wildman–Crippen LogP) is 7.36. The van der Waals surface area contributed by atoms with E-state index in [0.29, 0.717) is 26.5 Å². The second-order valence-corrected chi connectivity index (χ2v) is 11.9. The predicted molar refractivity (Wildman–Crippen MR) is 146 cm³/mol. The summed E-state index contributed by atoms with van der Waals surface area (Å²) in [6.07, 6.45) is 3.16. The van der Waals surface area contributed by atoms with Crippen molar-refractivity contribution in [2.24, 2.45) is 0 Å². The molecule has 7 nitrogen and oxygen atoms in total. The van der Waals surface area contributed by atoms with Gasteiger partial charge in [-0.3, -0.25) is 8.87 Å². The Balaban J connectivity index is 1.77. The van der Waals surface area contributed by atoms with Gasteiger partial charge in [0, 0.05) is 28.0 Å². The summed E-state index contributed by atoms with van der Waals surface area (Å²) in [5, 5.41) is 2.52. The Kier molecular flexibility index (Phi) is 8.78. The summed E-state index contributed by atoms with van der Waals surface area (Å²) in [6, 6.07) is 17.9. The first-order valence-electron chi connectivity index (χ1n) is 11.2. The van der Waals surface area contributed by atoms with Crippen LogP contribution in [0.1, 0.15) is 13.8 Å². The molecule has 0 amide bonds. The van der Waals surface area contributed by atoms with Crippen molar-refractivity contribution < 1.29 is 17.8 Å². The van der Waals surface area contributed by atoms with Crippen molar-refractivity contribution in [3.05, 3.63) is 83.1 Å². The Labute approximate surface area is 222 Å². The van der Waals surface area contributed by atoms with Gasteiger partial charge >= 0.3 is 7.60 Å². The Morgan fingerprint density at radius 3 is 2.14 bits per heavy atom. The third-order valence-electron chi connectivity index (χ3n) is 5.13. The van der Waals surface area contributed by atoms with Gasteiger partial charge in [-0.25, -0.2) is 14.2 Å². The third-order valence-corrected chi connectivity index (χ3v) is 9.07. The van der Waals surface area contributed by atoms with Crippen LogP contribution < -0.4 is 4.31 Å². The number of benzene rings is 3. The van der Waals surface area contributed by atoms with Gasteiger partial charge in [0.1, 0.15) is 6.29 Å². The first-order chi connectivity index (χ1) is 17.3. The maximum absolute atomic E-state index is 13.8. The molecule has 0 saturated carbocycles. The van der Waals surface area contributed by atoms with Crippen LogP contribution in [0.2, 0.25) is 10.0 Å². The lowest BCUT2D eigenvalue weighted by molar-refractivity contribution is 0.221. The van der Waals surface area contributed by atoms with Crippen molar-refractivity contribution in [1.29, 1.82) is 0 Å². The van der Waals surface area contributed by atoms with Crippen LogP contribution in [-0.2, 0) is 24.6 Å². The van der Waals surface area contributed by atoms with Crippen molar-refractivity contribution in [1.82, 2.24) is 9.97 Å². The van der Waals surface area contributed by atoms with Crippen molar-refractivity contribution in [3.63, 3.8) is 0 Å². The molecular formula is C25H24Cl2N3O4PS. The maximum Gasteiger partial charge on any atom is 0.350 e. The van der Waals surface area contributed by atoms with E-state index in [1.54, 1.807) is 50.5 Å². The zero-order valence-electron chi connectivity index (χ0n) is 19.6. The lowest BCUT2D eigenvalue weighted by Gasteiger charge is -2.28. The average molecular weight is 564 g/mol. The molecule has 3 aromatic carbocycles. The summed E-state index contributed by atoms with van der Waals surface area (Å²) in [7, 11) is -5.41. The van der Waals surface area contributed by atoms with Gasteiger partial charge in [-0.15, -0.1) is 0 Å². The van der Waals surface area contributed by atoms with Gasteiger partial charge < -0.3 is 9.05 Å². The minimum atomic E-state index is -3.60. The number of hydrogen-bond acceptors (Lipinski definition) is 6. The Hall–Kier alpha value is -2.32. The summed E-state index contributed by atoms with van der Waals surface area (Å²) >= 11 is 12.3. The Bertz CT molecular complexity index is 1410. The topological polar surface area (TPSA) is 81.6 Å². The second kappa shape index (κ2) is 11.8. The Morgan fingerprint density at radius 2 is 1.50 bits per heavy atom. The third kappa shape index (κ3) is 6.32. The van der Waals surface area contributed by atoms with Crippen molar-refractivity contribution in [3.8, 4) is 11.4 Å². The standard InChI is InChI=1S/C25H24Cl2N3O4PS/c1-3-33-35(31,34-4-2)17-30(36(32)24-15-21(26)14-22(27)16-24)23-9-8-18-12-20(7-6-19(18)13-23)25-28-10-5-11-29-25/h5-16H,3-4,17H2,1-2H3. The van der Waals surface area contributed by atoms with Crippen LogP contribution in [0.4, 0.5) is 5.69 Å².